The van der Waals surface area contributed by atoms with Crippen LogP contribution in [0, 0.1) is 23.0 Å². The molecule has 0 aliphatic rings. The largest absolute Gasteiger partial charge is 0.463 e. The molecule has 2 heterocycles. The monoisotopic (exact) mass is 637 g/mol. The number of rotatable bonds is 13. The summed E-state index contributed by atoms with van der Waals surface area (Å²) in [6.07, 6.45) is -0.252. The fourth-order valence-electron chi connectivity index (χ4n) is 3.64. The molecule has 0 fully saturated rings. The van der Waals surface area contributed by atoms with Crippen molar-refractivity contribution in [1.29, 1.82) is 5.26 Å². The van der Waals surface area contributed by atoms with Crippen molar-refractivity contribution in [3.63, 3.8) is 0 Å². The molecule has 2 unspecified atom stereocenters. The fraction of sp³-hybridized carbons (Fsp3) is 0.370. The minimum Gasteiger partial charge on any atom is -0.463 e. The smallest absolute Gasteiger partial charge is 0.303 e. The maximum Gasteiger partial charge on any atom is 0.303 e. The summed E-state index contributed by atoms with van der Waals surface area (Å²) in [5, 5.41) is 17.3. The normalized spacial score (nSPS) is 13.7. The highest BCUT2D eigenvalue weighted by atomic mass is 35.5. The lowest BCUT2D eigenvalue weighted by atomic mass is 10.1. The van der Waals surface area contributed by atoms with Crippen LogP contribution in [0.2, 0.25) is 5.02 Å². The standard InChI is InChI=1S/C27H26ClF2N5O7S/c1-14(40-16(3)37)26(13-39-15(2)36)42-27(43-19-8-20(28)23(9-31)32-10-19)25(41-17(4)38)12-35-11-24(33-34-35)18-5-6-21(29)22(30)7-18/h5-8,10-11,14,25-27H,12-13H2,1-4H3/t14-,25+,26?,27?/m1/s1. The molecular weight excluding hydrogens is 612 g/mol. The molecular formula is C27H26ClF2N5O7S. The number of esters is 3. The lowest BCUT2D eigenvalue weighted by molar-refractivity contribution is -0.170. The van der Waals surface area contributed by atoms with Crippen LogP contribution < -0.4 is 0 Å². The predicted molar refractivity (Wildman–Crippen MR) is 147 cm³/mol. The van der Waals surface area contributed by atoms with Gasteiger partial charge in [-0.2, -0.15) is 5.26 Å². The Morgan fingerprint density at radius 3 is 2.40 bits per heavy atom. The number of carbonyl (C=O) groups is 3. The quantitative estimate of drug-likeness (QED) is 0.115. The van der Waals surface area contributed by atoms with E-state index in [0.717, 1.165) is 23.9 Å². The summed E-state index contributed by atoms with van der Waals surface area (Å²) in [5.74, 6) is -3.99. The van der Waals surface area contributed by atoms with Crippen LogP contribution in [0.1, 0.15) is 33.4 Å². The molecule has 0 radical (unpaired) electrons. The van der Waals surface area contributed by atoms with E-state index < -0.39 is 53.3 Å². The number of hydrogen-bond donors (Lipinski definition) is 0. The summed E-state index contributed by atoms with van der Waals surface area (Å²) in [4.78, 5) is 39.9. The number of nitrogens with zero attached hydrogens (tertiary/aromatic N) is 5. The highest BCUT2D eigenvalue weighted by Crippen LogP contribution is 2.32. The van der Waals surface area contributed by atoms with Gasteiger partial charge in [0, 0.05) is 37.4 Å². The minimum absolute atomic E-state index is 0.0105. The number of benzene rings is 1. The highest BCUT2D eigenvalue weighted by Gasteiger charge is 2.34. The Morgan fingerprint density at radius 2 is 1.79 bits per heavy atom. The first-order valence-corrected chi connectivity index (χ1v) is 13.8. The first-order valence-electron chi connectivity index (χ1n) is 12.6. The zero-order chi connectivity index (χ0) is 31.7. The average molecular weight is 638 g/mol. The Hall–Kier alpha value is -4.13. The maximum absolute atomic E-state index is 13.8. The molecule has 3 rings (SSSR count). The fourth-order valence-corrected chi connectivity index (χ4v) is 4.97. The van der Waals surface area contributed by atoms with E-state index in [4.69, 9.17) is 30.5 Å². The number of ether oxygens (including phenoxy) is 4. The molecule has 0 N–H and O–H groups in total. The number of aromatic nitrogens is 4. The number of halogens is 3. The van der Waals surface area contributed by atoms with Gasteiger partial charge in [0.05, 0.1) is 17.8 Å². The molecule has 228 valence electrons. The number of thioether (sulfide) groups is 1. The third-order valence-electron chi connectivity index (χ3n) is 5.55. The first kappa shape index (κ1) is 33.4. The molecule has 43 heavy (non-hydrogen) atoms. The van der Waals surface area contributed by atoms with Crippen LogP contribution in [-0.2, 0) is 39.9 Å². The molecule has 3 aromatic rings. The predicted octanol–water partition coefficient (Wildman–Crippen LogP) is 4.09. The van der Waals surface area contributed by atoms with E-state index in [0.29, 0.717) is 4.90 Å². The summed E-state index contributed by atoms with van der Waals surface area (Å²) < 4.78 is 50.8. The molecule has 0 bridgehead atoms. The molecule has 0 saturated heterocycles. The van der Waals surface area contributed by atoms with Crippen molar-refractivity contribution in [2.45, 2.75) is 62.9 Å². The van der Waals surface area contributed by atoms with Crippen molar-refractivity contribution in [2.75, 3.05) is 6.61 Å². The van der Waals surface area contributed by atoms with E-state index in [1.807, 2.05) is 6.07 Å². The van der Waals surface area contributed by atoms with Crippen molar-refractivity contribution < 1.29 is 42.1 Å². The van der Waals surface area contributed by atoms with Gasteiger partial charge in [-0.05, 0) is 31.2 Å². The van der Waals surface area contributed by atoms with Crippen molar-refractivity contribution in [1.82, 2.24) is 20.0 Å². The third-order valence-corrected chi connectivity index (χ3v) is 6.98. The van der Waals surface area contributed by atoms with E-state index in [1.54, 1.807) is 0 Å². The molecule has 1 aromatic carbocycles. The van der Waals surface area contributed by atoms with Gasteiger partial charge in [-0.25, -0.2) is 18.4 Å². The van der Waals surface area contributed by atoms with Crippen LogP contribution in [0.25, 0.3) is 11.3 Å². The van der Waals surface area contributed by atoms with Crippen LogP contribution in [-0.4, -0.2) is 68.2 Å². The minimum atomic E-state index is -1.11. The van der Waals surface area contributed by atoms with Gasteiger partial charge in [-0.1, -0.05) is 28.6 Å². The van der Waals surface area contributed by atoms with Crippen LogP contribution in [0.4, 0.5) is 8.78 Å². The molecule has 0 aliphatic carbocycles. The van der Waals surface area contributed by atoms with Gasteiger partial charge in [0.2, 0.25) is 0 Å². The molecule has 0 spiro atoms. The van der Waals surface area contributed by atoms with Crippen molar-refractivity contribution in [2.24, 2.45) is 0 Å². The maximum atomic E-state index is 13.8. The van der Waals surface area contributed by atoms with Gasteiger partial charge in [0.25, 0.3) is 0 Å². The van der Waals surface area contributed by atoms with E-state index in [9.17, 15) is 28.4 Å². The lowest BCUT2D eigenvalue weighted by Gasteiger charge is -2.32. The number of nitriles is 1. The van der Waals surface area contributed by atoms with E-state index >= 15 is 0 Å². The van der Waals surface area contributed by atoms with Gasteiger partial charge in [0.1, 0.15) is 36.0 Å². The molecule has 12 nitrogen and oxygen atoms in total. The molecule has 2 aromatic heterocycles. The second-order valence-corrected chi connectivity index (χ2v) is 10.6. The average Bonchev–Trinajstić information content (AvgIpc) is 3.39. The SMILES string of the molecule is CC(=O)OCC(OC(Sc1cnc(C#N)c(Cl)c1)[C@H](Cn1cc(-c2ccc(F)c(F)c2)nn1)OC(C)=O)[C@@H](C)OC(C)=O. The summed E-state index contributed by atoms with van der Waals surface area (Å²) in [7, 11) is 0. The third kappa shape index (κ3) is 9.98. The summed E-state index contributed by atoms with van der Waals surface area (Å²) in [6.45, 7) is 4.65. The zero-order valence-corrected chi connectivity index (χ0v) is 24.9. The molecule has 0 saturated carbocycles. The van der Waals surface area contributed by atoms with E-state index in [2.05, 4.69) is 15.3 Å². The first-order chi connectivity index (χ1) is 20.4. The van der Waals surface area contributed by atoms with Crippen molar-refractivity contribution >= 4 is 41.3 Å². The summed E-state index contributed by atoms with van der Waals surface area (Å²) >= 11 is 7.18. The van der Waals surface area contributed by atoms with E-state index in [1.165, 1.54) is 56.9 Å². The van der Waals surface area contributed by atoms with Gasteiger partial charge in [-0.3, -0.25) is 14.4 Å². The van der Waals surface area contributed by atoms with Crippen LogP contribution in [0.15, 0.2) is 41.6 Å². The molecule has 0 aliphatic heterocycles. The van der Waals surface area contributed by atoms with Crippen molar-refractivity contribution in [3.8, 4) is 17.3 Å². The highest BCUT2D eigenvalue weighted by molar-refractivity contribution is 7.99. The summed E-state index contributed by atoms with van der Waals surface area (Å²) in [6, 6.07) is 6.57. The Bertz CT molecular complexity index is 1520. The van der Waals surface area contributed by atoms with Crippen LogP contribution in [0.5, 0.6) is 0 Å². The summed E-state index contributed by atoms with van der Waals surface area (Å²) in [5.41, 5.74) is -0.635. The Morgan fingerprint density at radius 1 is 1.07 bits per heavy atom. The van der Waals surface area contributed by atoms with Gasteiger partial charge >= 0.3 is 17.9 Å². The molecule has 0 amide bonds. The Kier molecular flexibility index (Phi) is 11.9. The van der Waals surface area contributed by atoms with Gasteiger partial charge < -0.3 is 18.9 Å². The van der Waals surface area contributed by atoms with E-state index in [-0.39, 0.29) is 35.1 Å². The number of carbonyl (C=O) groups excluding carboxylic acids is 3. The number of hydrogen-bond acceptors (Lipinski definition) is 12. The second kappa shape index (κ2) is 15.4. The Labute approximate surface area is 254 Å². The van der Waals surface area contributed by atoms with Crippen LogP contribution >= 0.6 is 23.4 Å². The number of pyridine rings is 1. The molecule has 4 atom stereocenters. The van der Waals surface area contributed by atoms with Crippen LogP contribution in [0.3, 0.4) is 0 Å². The lowest BCUT2D eigenvalue weighted by Crippen LogP contribution is -2.43. The molecule has 16 heteroatoms. The topological polar surface area (TPSA) is 156 Å². The van der Waals surface area contributed by atoms with Crippen molar-refractivity contribution in [3.05, 3.63) is 59.0 Å². The van der Waals surface area contributed by atoms with Gasteiger partial charge in [0.15, 0.2) is 23.4 Å². The zero-order valence-electron chi connectivity index (χ0n) is 23.3. The van der Waals surface area contributed by atoms with Gasteiger partial charge in [-0.15, -0.1) is 5.10 Å². The Balaban J connectivity index is 1.99. The second-order valence-electron chi connectivity index (χ2n) is 8.99.